The second-order valence-electron chi connectivity index (χ2n) is 4.16. The van der Waals surface area contributed by atoms with Gasteiger partial charge in [-0.3, -0.25) is 0 Å². The van der Waals surface area contributed by atoms with Gasteiger partial charge in [0.1, 0.15) is 11.6 Å². The molecule has 0 aliphatic rings. The van der Waals surface area contributed by atoms with Crippen molar-refractivity contribution in [1.82, 2.24) is 14.5 Å². The lowest BCUT2D eigenvalue weighted by Crippen LogP contribution is -2.07. The SMILES string of the molecule is CCCNc1cc(NCc2nccn2C)ccn1. The van der Waals surface area contributed by atoms with Gasteiger partial charge in [0.2, 0.25) is 0 Å². The average molecular weight is 245 g/mol. The molecule has 0 bridgehead atoms. The molecule has 2 aromatic heterocycles. The summed E-state index contributed by atoms with van der Waals surface area (Å²) in [5.41, 5.74) is 1.05. The third kappa shape index (κ3) is 3.23. The number of aryl methyl sites for hydroxylation is 1. The van der Waals surface area contributed by atoms with E-state index in [4.69, 9.17) is 0 Å². The van der Waals surface area contributed by atoms with Gasteiger partial charge < -0.3 is 15.2 Å². The van der Waals surface area contributed by atoms with E-state index in [1.54, 1.807) is 12.4 Å². The maximum absolute atomic E-state index is 4.27. The second-order valence-corrected chi connectivity index (χ2v) is 4.16. The largest absolute Gasteiger partial charge is 0.378 e. The van der Waals surface area contributed by atoms with E-state index in [2.05, 4.69) is 27.5 Å². The first-order chi connectivity index (χ1) is 8.79. The molecule has 18 heavy (non-hydrogen) atoms. The van der Waals surface area contributed by atoms with Crippen molar-refractivity contribution in [2.45, 2.75) is 19.9 Å². The van der Waals surface area contributed by atoms with Gasteiger partial charge in [-0.05, 0) is 12.5 Å². The summed E-state index contributed by atoms with van der Waals surface area (Å²) in [4.78, 5) is 8.54. The summed E-state index contributed by atoms with van der Waals surface area (Å²) in [6.07, 6.45) is 6.64. The van der Waals surface area contributed by atoms with E-state index >= 15 is 0 Å². The fraction of sp³-hybridized carbons (Fsp3) is 0.385. The maximum Gasteiger partial charge on any atom is 0.127 e. The van der Waals surface area contributed by atoms with Gasteiger partial charge in [-0.25, -0.2) is 9.97 Å². The number of nitrogens with one attached hydrogen (secondary N) is 2. The van der Waals surface area contributed by atoms with Crippen LogP contribution in [-0.2, 0) is 13.6 Å². The van der Waals surface area contributed by atoms with Crippen LogP contribution in [0.4, 0.5) is 11.5 Å². The summed E-state index contributed by atoms with van der Waals surface area (Å²) >= 11 is 0. The molecule has 0 aliphatic carbocycles. The van der Waals surface area contributed by atoms with Gasteiger partial charge in [0.25, 0.3) is 0 Å². The Kier molecular flexibility index (Phi) is 4.17. The predicted octanol–water partition coefficient (Wildman–Crippen LogP) is 2.25. The Morgan fingerprint density at radius 1 is 1.22 bits per heavy atom. The highest BCUT2D eigenvalue weighted by molar-refractivity contribution is 5.51. The maximum atomic E-state index is 4.27. The topological polar surface area (TPSA) is 54.8 Å². The van der Waals surface area contributed by atoms with Crippen molar-refractivity contribution < 1.29 is 0 Å². The lowest BCUT2D eigenvalue weighted by Gasteiger charge is -2.08. The Bertz CT molecular complexity index is 492. The van der Waals surface area contributed by atoms with Crippen LogP contribution in [0.25, 0.3) is 0 Å². The molecule has 0 aliphatic heterocycles. The Labute approximate surface area is 107 Å². The van der Waals surface area contributed by atoms with Gasteiger partial charge in [0.15, 0.2) is 0 Å². The number of rotatable bonds is 6. The molecule has 0 radical (unpaired) electrons. The van der Waals surface area contributed by atoms with Gasteiger partial charge in [-0.15, -0.1) is 0 Å². The molecule has 2 heterocycles. The number of pyridine rings is 1. The summed E-state index contributed by atoms with van der Waals surface area (Å²) in [7, 11) is 1.99. The van der Waals surface area contributed by atoms with Crippen LogP contribution in [-0.4, -0.2) is 21.1 Å². The van der Waals surface area contributed by atoms with E-state index in [0.29, 0.717) is 6.54 Å². The summed E-state index contributed by atoms with van der Waals surface area (Å²) in [5.74, 6) is 1.91. The third-order valence-corrected chi connectivity index (χ3v) is 2.69. The van der Waals surface area contributed by atoms with Crippen molar-refractivity contribution in [3.8, 4) is 0 Å². The van der Waals surface area contributed by atoms with Crippen molar-refractivity contribution >= 4 is 11.5 Å². The summed E-state index contributed by atoms with van der Waals surface area (Å²) in [5, 5.41) is 6.61. The molecule has 5 nitrogen and oxygen atoms in total. The fourth-order valence-corrected chi connectivity index (χ4v) is 1.64. The van der Waals surface area contributed by atoms with Crippen LogP contribution in [0.1, 0.15) is 19.2 Å². The summed E-state index contributed by atoms with van der Waals surface area (Å²) < 4.78 is 2.00. The predicted molar refractivity (Wildman–Crippen MR) is 73.6 cm³/mol. The molecule has 0 fully saturated rings. The number of hydrogen-bond donors (Lipinski definition) is 2. The van der Waals surface area contributed by atoms with Gasteiger partial charge in [0, 0.05) is 43.9 Å². The smallest absolute Gasteiger partial charge is 0.127 e. The van der Waals surface area contributed by atoms with Gasteiger partial charge in [0.05, 0.1) is 6.54 Å². The summed E-state index contributed by atoms with van der Waals surface area (Å²) in [6, 6.07) is 3.97. The number of anilines is 2. The second kappa shape index (κ2) is 6.05. The van der Waals surface area contributed by atoms with E-state index in [9.17, 15) is 0 Å². The van der Waals surface area contributed by atoms with Gasteiger partial charge >= 0.3 is 0 Å². The molecule has 0 saturated carbocycles. The number of imidazole rings is 1. The Hall–Kier alpha value is -2.04. The first-order valence-corrected chi connectivity index (χ1v) is 6.19. The zero-order chi connectivity index (χ0) is 12.8. The van der Waals surface area contributed by atoms with Crippen LogP contribution in [0, 0.1) is 0 Å². The average Bonchev–Trinajstić information content (AvgIpc) is 2.80. The van der Waals surface area contributed by atoms with Gasteiger partial charge in [-0.2, -0.15) is 0 Å². The van der Waals surface area contributed by atoms with Crippen molar-refractivity contribution in [3.05, 3.63) is 36.5 Å². The first-order valence-electron chi connectivity index (χ1n) is 6.19. The van der Waals surface area contributed by atoms with E-state index in [0.717, 1.165) is 30.3 Å². The lowest BCUT2D eigenvalue weighted by molar-refractivity contribution is 0.813. The molecular formula is C13H19N5. The third-order valence-electron chi connectivity index (χ3n) is 2.69. The van der Waals surface area contributed by atoms with Crippen LogP contribution in [0.5, 0.6) is 0 Å². The van der Waals surface area contributed by atoms with Crippen LogP contribution >= 0.6 is 0 Å². The Morgan fingerprint density at radius 2 is 2.11 bits per heavy atom. The molecule has 0 aromatic carbocycles. The minimum Gasteiger partial charge on any atom is -0.378 e. The highest BCUT2D eigenvalue weighted by Gasteiger charge is 2.00. The van der Waals surface area contributed by atoms with E-state index < -0.39 is 0 Å². The minimum absolute atomic E-state index is 0.709. The van der Waals surface area contributed by atoms with Crippen molar-refractivity contribution in [2.24, 2.45) is 7.05 Å². The molecule has 0 amide bonds. The van der Waals surface area contributed by atoms with Crippen molar-refractivity contribution in [2.75, 3.05) is 17.2 Å². The molecule has 0 atom stereocenters. The first kappa shape index (κ1) is 12.4. The van der Waals surface area contributed by atoms with E-state index in [-0.39, 0.29) is 0 Å². The minimum atomic E-state index is 0.709. The van der Waals surface area contributed by atoms with Crippen molar-refractivity contribution in [1.29, 1.82) is 0 Å². The van der Waals surface area contributed by atoms with E-state index in [1.165, 1.54) is 0 Å². The highest BCUT2D eigenvalue weighted by Crippen LogP contribution is 2.12. The molecule has 2 aromatic rings. The normalized spacial score (nSPS) is 10.3. The van der Waals surface area contributed by atoms with Crippen LogP contribution in [0.15, 0.2) is 30.7 Å². The van der Waals surface area contributed by atoms with E-state index in [1.807, 2.05) is 29.9 Å². The zero-order valence-electron chi connectivity index (χ0n) is 10.8. The Morgan fingerprint density at radius 3 is 2.83 bits per heavy atom. The molecule has 0 spiro atoms. The van der Waals surface area contributed by atoms with Gasteiger partial charge in [-0.1, -0.05) is 6.92 Å². The van der Waals surface area contributed by atoms with Crippen molar-refractivity contribution in [3.63, 3.8) is 0 Å². The molecule has 0 saturated heterocycles. The number of nitrogens with zero attached hydrogens (tertiary/aromatic N) is 3. The molecule has 5 heteroatoms. The molecule has 2 N–H and O–H groups in total. The zero-order valence-corrected chi connectivity index (χ0v) is 10.8. The molecule has 2 rings (SSSR count). The summed E-state index contributed by atoms with van der Waals surface area (Å²) in [6.45, 7) is 3.78. The quantitative estimate of drug-likeness (QED) is 0.819. The standard InChI is InChI=1S/C13H19N5/c1-3-5-14-12-9-11(4-6-15-12)17-10-13-16-7-8-18(13)2/h4,6-9H,3,5,10H2,1-2H3,(H2,14,15,17). The molecule has 96 valence electrons. The van der Waals surface area contributed by atoms with Crippen LogP contribution in [0.3, 0.4) is 0 Å². The molecule has 0 unspecified atom stereocenters. The Balaban J connectivity index is 1.95. The fourth-order valence-electron chi connectivity index (χ4n) is 1.64. The molecular weight excluding hydrogens is 226 g/mol. The van der Waals surface area contributed by atoms with Crippen LogP contribution < -0.4 is 10.6 Å². The van der Waals surface area contributed by atoms with Crippen LogP contribution in [0.2, 0.25) is 0 Å². The lowest BCUT2D eigenvalue weighted by atomic mass is 10.3. The number of hydrogen-bond acceptors (Lipinski definition) is 4. The highest BCUT2D eigenvalue weighted by atomic mass is 15.1. The monoisotopic (exact) mass is 245 g/mol. The number of aromatic nitrogens is 3.